The number of nitrogens with two attached hydrogens (primary N) is 1. The lowest BCUT2D eigenvalue weighted by Gasteiger charge is -2.32. The van der Waals surface area contributed by atoms with Gasteiger partial charge in [-0.2, -0.15) is 0 Å². The van der Waals surface area contributed by atoms with Crippen LogP contribution in [0.5, 0.6) is 0 Å². The first-order chi connectivity index (χ1) is 10.0. The number of hydrogen-bond acceptors (Lipinski definition) is 4. The summed E-state index contributed by atoms with van der Waals surface area (Å²) in [6.07, 6.45) is 2.93. The quantitative estimate of drug-likeness (QED) is 0.663. The lowest BCUT2D eigenvalue weighted by atomic mass is 9.94. The average molecular weight is 356 g/mol. The number of carbonyl (C=O) groups is 1. The molecule has 0 aromatic heterocycles. The minimum absolute atomic E-state index is 0.0722. The van der Waals surface area contributed by atoms with Gasteiger partial charge in [-0.3, -0.25) is 14.9 Å². The van der Waals surface area contributed by atoms with E-state index in [-0.39, 0.29) is 11.6 Å². The van der Waals surface area contributed by atoms with Gasteiger partial charge in [-0.05, 0) is 53.7 Å². The molecule has 0 aliphatic carbocycles. The Bertz CT molecular complexity index is 548. The van der Waals surface area contributed by atoms with Gasteiger partial charge in [0.1, 0.15) is 0 Å². The average Bonchev–Trinajstić information content (AvgIpc) is 2.47. The number of piperidine rings is 1. The summed E-state index contributed by atoms with van der Waals surface area (Å²) in [7, 11) is 0. The maximum atomic E-state index is 12.6. The van der Waals surface area contributed by atoms with Crippen molar-refractivity contribution in [3.63, 3.8) is 0 Å². The van der Waals surface area contributed by atoms with E-state index in [1.807, 2.05) is 0 Å². The molecule has 1 amide bonds. The van der Waals surface area contributed by atoms with E-state index in [4.69, 9.17) is 5.73 Å². The number of benzene rings is 1. The van der Waals surface area contributed by atoms with Crippen LogP contribution in [0.3, 0.4) is 0 Å². The van der Waals surface area contributed by atoms with Crippen LogP contribution in [-0.2, 0) is 0 Å². The molecule has 0 radical (unpaired) electrons. The van der Waals surface area contributed by atoms with E-state index in [0.29, 0.717) is 35.6 Å². The van der Waals surface area contributed by atoms with Crippen LogP contribution < -0.4 is 5.73 Å². The first-order valence-corrected chi connectivity index (χ1v) is 7.75. The van der Waals surface area contributed by atoms with Crippen LogP contribution in [0.15, 0.2) is 22.7 Å². The molecule has 114 valence electrons. The summed E-state index contributed by atoms with van der Waals surface area (Å²) in [5.74, 6) is 0.262. The minimum Gasteiger partial charge on any atom is -0.338 e. The van der Waals surface area contributed by atoms with E-state index in [9.17, 15) is 14.9 Å². The molecule has 1 aromatic carbocycles. The molecule has 1 aliphatic rings. The summed E-state index contributed by atoms with van der Waals surface area (Å²) in [4.78, 5) is 24.7. The van der Waals surface area contributed by atoms with Gasteiger partial charge in [0, 0.05) is 29.7 Å². The van der Waals surface area contributed by atoms with Gasteiger partial charge in [0.25, 0.3) is 11.6 Å². The number of non-ortho nitro benzene ring substituents is 1. The van der Waals surface area contributed by atoms with Gasteiger partial charge in [-0.15, -0.1) is 0 Å². The van der Waals surface area contributed by atoms with Gasteiger partial charge >= 0.3 is 0 Å². The second-order valence-corrected chi connectivity index (χ2v) is 6.11. The van der Waals surface area contributed by atoms with Crippen molar-refractivity contribution in [3.05, 3.63) is 38.3 Å². The van der Waals surface area contributed by atoms with Gasteiger partial charge < -0.3 is 10.6 Å². The van der Waals surface area contributed by atoms with E-state index in [2.05, 4.69) is 15.9 Å². The number of rotatable bonds is 4. The molecule has 2 N–H and O–H groups in total. The van der Waals surface area contributed by atoms with E-state index in [0.717, 1.165) is 19.3 Å². The van der Waals surface area contributed by atoms with Gasteiger partial charge in [-0.1, -0.05) is 0 Å². The third-order valence-corrected chi connectivity index (χ3v) is 4.46. The fourth-order valence-electron chi connectivity index (χ4n) is 2.68. The van der Waals surface area contributed by atoms with E-state index in [1.165, 1.54) is 12.1 Å². The molecule has 0 saturated carbocycles. The van der Waals surface area contributed by atoms with Crippen LogP contribution in [0.1, 0.15) is 29.6 Å². The van der Waals surface area contributed by atoms with Crippen LogP contribution in [0.2, 0.25) is 0 Å². The molecule has 2 rings (SSSR count). The van der Waals surface area contributed by atoms with Gasteiger partial charge in [0.05, 0.1) is 10.5 Å². The molecule has 1 heterocycles. The Labute approximate surface area is 131 Å². The molecule has 6 nitrogen and oxygen atoms in total. The van der Waals surface area contributed by atoms with Gasteiger partial charge in [-0.25, -0.2) is 0 Å². The highest BCUT2D eigenvalue weighted by Gasteiger charge is 2.26. The molecule has 1 fully saturated rings. The van der Waals surface area contributed by atoms with Crippen LogP contribution in [0, 0.1) is 16.0 Å². The monoisotopic (exact) mass is 355 g/mol. The van der Waals surface area contributed by atoms with Crippen LogP contribution in [0.25, 0.3) is 0 Å². The summed E-state index contributed by atoms with van der Waals surface area (Å²) in [6, 6.07) is 4.26. The van der Waals surface area contributed by atoms with E-state index >= 15 is 0 Å². The molecule has 1 aliphatic heterocycles. The third-order valence-electron chi connectivity index (χ3n) is 3.77. The summed E-state index contributed by atoms with van der Waals surface area (Å²) in [5, 5.41) is 10.9. The van der Waals surface area contributed by atoms with E-state index in [1.54, 1.807) is 11.0 Å². The fraction of sp³-hybridized carbons (Fsp3) is 0.500. The van der Waals surface area contributed by atoms with Gasteiger partial charge in [0.15, 0.2) is 0 Å². The van der Waals surface area contributed by atoms with Crippen LogP contribution in [-0.4, -0.2) is 35.4 Å². The summed E-state index contributed by atoms with van der Waals surface area (Å²) in [5.41, 5.74) is 5.86. The van der Waals surface area contributed by atoms with Crippen molar-refractivity contribution in [1.82, 2.24) is 4.90 Å². The molecular formula is C14H18BrN3O3. The highest BCUT2D eigenvalue weighted by atomic mass is 79.9. The standard InChI is InChI=1S/C14H18BrN3O3/c15-13-4-3-11(18(20)21)8-12(13)14(19)17-7-1-2-10(9-17)5-6-16/h3-4,8,10H,1-2,5-7,9,16H2. The molecule has 1 saturated heterocycles. The Morgan fingerprint density at radius 2 is 2.29 bits per heavy atom. The number of nitrogens with zero attached hydrogens (tertiary/aromatic N) is 2. The zero-order valence-electron chi connectivity index (χ0n) is 11.6. The zero-order chi connectivity index (χ0) is 15.4. The first-order valence-electron chi connectivity index (χ1n) is 6.96. The molecule has 0 bridgehead atoms. The van der Waals surface area contributed by atoms with Crippen molar-refractivity contribution in [2.75, 3.05) is 19.6 Å². The van der Waals surface area contributed by atoms with Crippen LogP contribution in [0.4, 0.5) is 5.69 Å². The normalized spacial score (nSPS) is 18.6. The maximum Gasteiger partial charge on any atom is 0.270 e. The van der Waals surface area contributed by atoms with Crippen molar-refractivity contribution >= 4 is 27.5 Å². The number of amides is 1. The maximum absolute atomic E-state index is 12.6. The predicted octanol–water partition coefficient (Wildman–Crippen LogP) is 2.56. The third kappa shape index (κ3) is 3.79. The molecule has 21 heavy (non-hydrogen) atoms. The largest absolute Gasteiger partial charge is 0.338 e. The van der Waals surface area contributed by atoms with Crippen molar-refractivity contribution in [2.45, 2.75) is 19.3 Å². The molecule has 1 aromatic rings. The number of likely N-dealkylation sites (tertiary alicyclic amines) is 1. The first kappa shape index (κ1) is 15.9. The van der Waals surface area contributed by atoms with Crippen molar-refractivity contribution < 1.29 is 9.72 Å². The van der Waals surface area contributed by atoms with Crippen molar-refractivity contribution in [1.29, 1.82) is 0 Å². The number of carbonyl (C=O) groups excluding carboxylic acids is 1. The number of hydrogen-bond donors (Lipinski definition) is 1. The Hall–Kier alpha value is -1.47. The fourth-order valence-corrected chi connectivity index (χ4v) is 3.10. The second kappa shape index (κ2) is 7.00. The lowest BCUT2D eigenvalue weighted by Crippen LogP contribution is -2.40. The SMILES string of the molecule is NCCC1CCCN(C(=O)c2cc([N+](=O)[O-])ccc2Br)C1. The molecule has 1 atom stereocenters. The molecule has 7 heteroatoms. The van der Waals surface area contributed by atoms with Crippen LogP contribution >= 0.6 is 15.9 Å². The Kier molecular flexibility index (Phi) is 5.30. The summed E-state index contributed by atoms with van der Waals surface area (Å²) < 4.78 is 0.582. The van der Waals surface area contributed by atoms with Crippen molar-refractivity contribution in [3.8, 4) is 0 Å². The molecule has 1 unspecified atom stereocenters. The Morgan fingerprint density at radius 1 is 1.52 bits per heavy atom. The second-order valence-electron chi connectivity index (χ2n) is 5.26. The Balaban J connectivity index is 2.19. The molecule has 0 spiro atoms. The van der Waals surface area contributed by atoms with Crippen molar-refractivity contribution in [2.24, 2.45) is 11.7 Å². The predicted molar refractivity (Wildman–Crippen MR) is 83.1 cm³/mol. The highest BCUT2D eigenvalue weighted by molar-refractivity contribution is 9.10. The summed E-state index contributed by atoms with van der Waals surface area (Å²) in [6.45, 7) is 1.98. The lowest BCUT2D eigenvalue weighted by molar-refractivity contribution is -0.384. The van der Waals surface area contributed by atoms with E-state index < -0.39 is 4.92 Å². The Morgan fingerprint density at radius 3 is 2.95 bits per heavy atom. The minimum atomic E-state index is -0.489. The van der Waals surface area contributed by atoms with Gasteiger partial charge in [0.2, 0.25) is 0 Å². The molecular weight excluding hydrogens is 338 g/mol. The highest BCUT2D eigenvalue weighted by Crippen LogP contribution is 2.26. The zero-order valence-corrected chi connectivity index (χ0v) is 13.2. The summed E-state index contributed by atoms with van der Waals surface area (Å²) >= 11 is 3.30. The number of nitro benzene ring substituents is 1. The topological polar surface area (TPSA) is 89.5 Å². The number of halogens is 1. The number of nitro groups is 1. The smallest absolute Gasteiger partial charge is 0.270 e.